The number of nitrogens with one attached hydrogen (secondary N) is 1. The average molecular weight is 400 g/mol. The highest BCUT2D eigenvalue weighted by molar-refractivity contribution is 7.85. The summed E-state index contributed by atoms with van der Waals surface area (Å²) in [5, 5.41) is 2.57. The van der Waals surface area contributed by atoms with Crippen molar-refractivity contribution in [2.24, 2.45) is 5.92 Å². The topological polar surface area (TPSA) is 110 Å². The number of Topliss-reactive ketones (excluding diaryl/α,β-unsaturated/α-hetero) is 1. The summed E-state index contributed by atoms with van der Waals surface area (Å²) in [7, 11) is -2.73. The molecule has 0 spiro atoms. The molecule has 0 radical (unpaired) electrons. The maximum Gasteiger partial charge on any atom is 0.267 e. The van der Waals surface area contributed by atoms with Gasteiger partial charge in [0.1, 0.15) is 5.78 Å². The van der Waals surface area contributed by atoms with Crippen molar-refractivity contribution in [1.29, 1.82) is 0 Å². The van der Waals surface area contributed by atoms with E-state index in [9.17, 15) is 18.0 Å². The number of benzene rings is 1. The minimum atomic E-state index is -4.24. The van der Waals surface area contributed by atoms with Crippen LogP contribution in [0.4, 0.5) is 0 Å². The Balaban J connectivity index is 2.75. The molecule has 1 aromatic rings. The van der Waals surface area contributed by atoms with Crippen LogP contribution in [0.25, 0.3) is 0 Å². The fourth-order valence-corrected chi connectivity index (χ4v) is 4.08. The number of rotatable bonds is 11. The number of hydrogen-bond acceptors (Lipinski definition) is 5. The second kappa shape index (κ2) is 9.96. The molecule has 152 valence electrons. The number of carbonyl (C=O) groups is 2. The molecule has 1 amide bonds. The summed E-state index contributed by atoms with van der Waals surface area (Å²) >= 11 is 0. The monoisotopic (exact) mass is 399 g/mol. The molecule has 1 rings (SSSR count). The SMILES string of the molecule is COC(CCc1ccccc1)C(CC(=O)NC(C)(C)CS(=O)(=O)O)C(C)=O. The maximum atomic E-state index is 12.4. The lowest BCUT2D eigenvalue weighted by Crippen LogP contribution is -2.49. The second-order valence-corrected chi connectivity index (χ2v) is 8.83. The van der Waals surface area contributed by atoms with Gasteiger partial charge < -0.3 is 10.1 Å². The van der Waals surface area contributed by atoms with Crippen molar-refractivity contribution < 1.29 is 27.3 Å². The Morgan fingerprint density at radius 3 is 2.30 bits per heavy atom. The van der Waals surface area contributed by atoms with Crippen molar-refractivity contribution in [1.82, 2.24) is 5.32 Å². The molecule has 2 atom stereocenters. The van der Waals surface area contributed by atoms with Gasteiger partial charge >= 0.3 is 0 Å². The van der Waals surface area contributed by atoms with Gasteiger partial charge in [-0.1, -0.05) is 30.3 Å². The van der Waals surface area contributed by atoms with Gasteiger partial charge in [0.15, 0.2) is 0 Å². The van der Waals surface area contributed by atoms with Crippen LogP contribution in [0.1, 0.15) is 39.2 Å². The third kappa shape index (κ3) is 9.12. The van der Waals surface area contributed by atoms with E-state index in [-0.39, 0.29) is 12.2 Å². The largest absolute Gasteiger partial charge is 0.381 e. The molecule has 27 heavy (non-hydrogen) atoms. The lowest BCUT2D eigenvalue weighted by atomic mass is 9.89. The highest BCUT2D eigenvalue weighted by atomic mass is 32.2. The Morgan fingerprint density at radius 1 is 1.22 bits per heavy atom. The number of carbonyl (C=O) groups excluding carboxylic acids is 2. The van der Waals surface area contributed by atoms with E-state index in [0.29, 0.717) is 12.8 Å². The predicted octanol–water partition coefficient (Wildman–Crippen LogP) is 2.01. The van der Waals surface area contributed by atoms with Gasteiger partial charge in [-0.15, -0.1) is 0 Å². The zero-order valence-electron chi connectivity index (χ0n) is 16.3. The van der Waals surface area contributed by atoms with E-state index in [4.69, 9.17) is 9.29 Å². The van der Waals surface area contributed by atoms with E-state index < -0.39 is 39.3 Å². The first-order valence-corrected chi connectivity index (χ1v) is 10.4. The molecule has 0 aliphatic carbocycles. The molecule has 0 fully saturated rings. The molecule has 0 saturated heterocycles. The number of hydrogen-bond donors (Lipinski definition) is 2. The standard InChI is InChI=1S/C19H29NO6S/c1-14(21)16(12-18(22)20-19(2,3)13-27(23,24)25)17(26-4)11-10-15-8-6-5-7-9-15/h5-9,16-17H,10-13H2,1-4H3,(H,20,22)(H,23,24,25). The number of ketones is 1. The maximum absolute atomic E-state index is 12.4. The van der Waals surface area contributed by atoms with Gasteiger partial charge in [0, 0.05) is 13.5 Å². The Morgan fingerprint density at radius 2 is 1.81 bits per heavy atom. The molecule has 8 heteroatoms. The quantitative estimate of drug-likeness (QED) is 0.551. The van der Waals surface area contributed by atoms with Crippen molar-refractivity contribution in [2.75, 3.05) is 12.9 Å². The molecule has 0 aliphatic heterocycles. The molecular formula is C19H29NO6S. The molecule has 0 heterocycles. The summed E-state index contributed by atoms with van der Waals surface area (Å²) in [6, 6.07) is 9.77. The first kappa shape index (κ1) is 23.3. The van der Waals surface area contributed by atoms with Gasteiger partial charge in [-0.3, -0.25) is 14.1 Å². The third-order valence-corrected chi connectivity index (χ3v) is 5.35. The lowest BCUT2D eigenvalue weighted by Gasteiger charge is -2.28. The summed E-state index contributed by atoms with van der Waals surface area (Å²) in [4.78, 5) is 24.4. The van der Waals surface area contributed by atoms with Gasteiger partial charge in [0.05, 0.1) is 23.3 Å². The fourth-order valence-electron chi connectivity index (χ4n) is 3.09. The van der Waals surface area contributed by atoms with Crippen molar-refractivity contribution in [2.45, 2.75) is 51.7 Å². The fraction of sp³-hybridized carbons (Fsp3) is 0.579. The van der Waals surface area contributed by atoms with Crippen LogP contribution in [-0.4, -0.2) is 49.2 Å². The lowest BCUT2D eigenvalue weighted by molar-refractivity contribution is -0.133. The summed E-state index contributed by atoms with van der Waals surface area (Å²) in [6.07, 6.45) is 0.737. The molecule has 1 aromatic carbocycles. The molecule has 0 saturated carbocycles. The smallest absolute Gasteiger partial charge is 0.267 e. The van der Waals surface area contributed by atoms with Gasteiger partial charge in [-0.2, -0.15) is 8.42 Å². The van der Waals surface area contributed by atoms with E-state index in [1.54, 1.807) is 0 Å². The van der Waals surface area contributed by atoms with Crippen molar-refractivity contribution in [3.8, 4) is 0 Å². The molecular weight excluding hydrogens is 370 g/mol. The molecule has 0 aromatic heterocycles. The van der Waals surface area contributed by atoms with Crippen LogP contribution < -0.4 is 5.32 Å². The van der Waals surface area contributed by atoms with Crippen LogP contribution in [0.3, 0.4) is 0 Å². The third-order valence-electron chi connectivity index (χ3n) is 4.26. The molecule has 7 nitrogen and oxygen atoms in total. The molecule has 2 N–H and O–H groups in total. The first-order chi connectivity index (χ1) is 12.4. The Bertz CT molecular complexity index is 730. The van der Waals surface area contributed by atoms with E-state index in [1.165, 1.54) is 27.9 Å². The van der Waals surface area contributed by atoms with Gasteiger partial charge in [-0.05, 0) is 39.2 Å². The van der Waals surface area contributed by atoms with E-state index in [1.807, 2.05) is 30.3 Å². The van der Waals surface area contributed by atoms with Crippen LogP contribution in [0.5, 0.6) is 0 Å². The van der Waals surface area contributed by atoms with E-state index in [2.05, 4.69) is 5.32 Å². The molecule has 2 unspecified atom stereocenters. The minimum absolute atomic E-state index is 0.114. The number of aryl methyl sites for hydroxylation is 1. The molecule has 0 bridgehead atoms. The highest BCUT2D eigenvalue weighted by Crippen LogP contribution is 2.20. The first-order valence-electron chi connectivity index (χ1n) is 8.77. The van der Waals surface area contributed by atoms with Crippen molar-refractivity contribution in [3.63, 3.8) is 0 Å². The summed E-state index contributed by atoms with van der Waals surface area (Å²) in [5.41, 5.74) is -0.0425. The van der Waals surface area contributed by atoms with Gasteiger partial charge in [0.25, 0.3) is 10.1 Å². The van der Waals surface area contributed by atoms with Crippen LogP contribution in [-0.2, 0) is 30.9 Å². The van der Waals surface area contributed by atoms with Crippen molar-refractivity contribution in [3.05, 3.63) is 35.9 Å². The van der Waals surface area contributed by atoms with Gasteiger partial charge in [0.2, 0.25) is 5.91 Å². The number of ether oxygens (including phenoxy) is 1. The van der Waals surface area contributed by atoms with Crippen LogP contribution >= 0.6 is 0 Å². The Kier molecular flexibility index (Phi) is 8.59. The summed E-state index contributed by atoms with van der Waals surface area (Å²) in [5.74, 6) is -1.89. The van der Waals surface area contributed by atoms with Crippen LogP contribution in [0.15, 0.2) is 30.3 Å². The average Bonchev–Trinajstić information content (AvgIpc) is 2.52. The Hall–Kier alpha value is -1.77. The zero-order chi connectivity index (χ0) is 20.7. The number of methoxy groups -OCH3 is 1. The predicted molar refractivity (Wildman–Crippen MR) is 103 cm³/mol. The van der Waals surface area contributed by atoms with E-state index in [0.717, 1.165) is 5.56 Å². The van der Waals surface area contributed by atoms with Gasteiger partial charge in [-0.25, -0.2) is 0 Å². The number of amides is 1. The normalized spacial score (nSPS) is 14.4. The van der Waals surface area contributed by atoms with Crippen LogP contribution in [0, 0.1) is 5.92 Å². The zero-order valence-corrected chi connectivity index (χ0v) is 17.1. The van der Waals surface area contributed by atoms with Crippen molar-refractivity contribution >= 4 is 21.8 Å². The summed E-state index contributed by atoms with van der Waals surface area (Å²) in [6.45, 7) is 4.39. The minimum Gasteiger partial charge on any atom is -0.381 e. The Labute approximate surface area is 161 Å². The second-order valence-electron chi connectivity index (χ2n) is 7.38. The van der Waals surface area contributed by atoms with E-state index >= 15 is 0 Å². The van der Waals surface area contributed by atoms with Crippen LogP contribution in [0.2, 0.25) is 0 Å². The molecule has 0 aliphatic rings. The highest BCUT2D eigenvalue weighted by Gasteiger charge is 2.31. The summed E-state index contributed by atoms with van der Waals surface area (Å²) < 4.78 is 36.6.